The van der Waals surface area contributed by atoms with Crippen molar-refractivity contribution >= 4 is 5.97 Å². The van der Waals surface area contributed by atoms with Crippen LogP contribution < -0.4 is 0 Å². The molecular weight excluding hydrogens is 254 g/mol. The topological polar surface area (TPSA) is 38.8 Å². The number of morpholine rings is 1. The van der Waals surface area contributed by atoms with Crippen LogP contribution >= 0.6 is 0 Å². The first-order chi connectivity index (χ1) is 9.58. The predicted octanol–water partition coefficient (Wildman–Crippen LogP) is 2.71. The first-order valence-electron chi connectivity index (χ1n) is 8.03. The molecule has 0 aliphatic carbocycles. The molecule has 1 unspecified atom stereocenters. The van der Waals surface area contributed by atoms with Gasteiger partial charge in [-0.3, -0.25) is 9.69 Å². The van der Waals surface area contributed by atoms with Gasteiger partial charge in [0.1, 0.15) is 0 Å². The minimum Gasteiger partial charge on any atom is -0.465 e. The van der Waals surface area contributed by atoms with Crippen LogP contribution in [-0.2, 0) is 14.3 Å². The average Bonchev–Trinajstić information content (AvgIpc) is 2.39. The first kappa shape index (κ1) is 17.4. The predicted molar refractivity (Wildman–Crippen MR) is 80.7 cm³/mol. The van der Waals surface area contributed by atoms with Gasteiger partial charge in [0.15, 0.2) is 0 Å². The second kappa shape index (κ2) is 10.2. The molecule has 1 aliphatic heterocycles. The number of carbonyl (C=O) groups excluding carboxylic acids is 1. The van der Waals surface area contributed by atoms with Crippen LogP contribution in [0.5, 0.6) is 0 Å². The molecule has 1 rings (SSSR count). The van der Waals surface area contributed by atoms with Crippen molar-refractivity contribution in [1.29, 1.82) is 0 Å². The number of hydrogen-bond donors (Lipinski definition) is 0. The zero-order valence-electron chi connectivity index (χ0n) is 13.4. The van der Waals surface area contributed by atoms with Crippen LogP contribution in [-0.4, -0.2) is 50.3 Å². The molecule has 0 aromatic rings. The maximum atomic E-state index is 11.7. The summed E-state index contributed by atoms with van der Waals surface area (Å²) in [6, 6.07) is 0. The molecule has 1 aliphatic rings. The molecule has 0 N–H and O–H groups in total. The first-order valence-corrected chi connectivity index (χ1v) is 8.03. The van der Waals surface area contributed by atoms with Gasteiger partial charge in [0.2, 0.25) is 0 Å². The highest BCUT2D eigenvalue weighted by molar-refractivity contribution is 5.71. The Bertz CT molecular complexity index is 262. The molecule has 118 valence electrons. The van der Waals surface area contributed by atoms with Crippen LogP contribution in [0.3, 0.4) is 0 Å². The van der Waals surface area contributed by atoms with Gasteiger partial charge in [0.05, 0.1) is 26.4 Å². The third-order valence-corrected chi connectivity index (χ3v) is 3.81. The molecule has 1 fully saturated rings. The van der Waals surface area contributed by atoms with Crippen molar-refractivity contribution in [2.24, 2.45) is 11.8 Å². The second-order valence-corrected chi connectivity index (χ2v) is 6.33. The highest BCUT2D eigenvalue weighted by atomic mass is 16.5. The third-order valence-electron chi connectivity index (χ3n) is 3.81. The number of ether oxygens (including phenoxy) is 2. The van der Waals surface area contributed by atoms with Gasteiger partial charge in [-0.25, -0.2) is 0 Å². The Morgan fingerprint density at radius 1 is 1.15 bits per heavy atom. The Hall–Kier alpha value is -0.610. The van der Waals surface area contributed by atoms with E-state index < -0.39 is 0 Å². The van der Waals surface area contributed by atoms with Crippen molar-refractivity contribution in [3.63, 3.8) is 0 Å². The molecule has 20 heavy (non-hydrogen) atoms. The van der Waals surface area contributed by atoms with E-state index >= 15 is 0 Å². The largest absolute Gasteiger partial charge is 0.465 e. The number of esters is 1. The molecule has 0 bridgehead atoms. The summed E-state index contributed by atoms with van der Waals surface area (Å²) in [5.74, 6) is 1.33. The van der Waals surface area contributed by atoms with Gasteiger partial charge in [-0.2, -0.15) is 0 Å². The fourth-order valence-electron chi connectivity index (χ4n) is 2.38. The quantitative estimate of drug-likeness (QED) is 0.611. The van der Waals surface area contributed by atoms with Crippen molar-refractivity contribution < 1.29 is 14.3 Å². The molecule has 0 radical (unpaired) electrons. The Labute approximate surface area is 123 Å². The smallest absolute Gasteiger partial charge is 0.320 e. The van der Waals surface area contributed by atoms with E-state index in [0.717, 1.165) is 38.6 Å². The lowest BCUT2D eigenvalue weighted by Gasteiger charge is -2.25. The maximum Gasteiger partial charge on any atom is 0.320 e. The lowest BCUT2D eigenvalue weighted by atomic mass is 9.98. The molecule has 0 spiro atoms. The van der Waals surface area contributed by atoms with Gasteiger partial charge in [0.25, 0.3) is 0 Å². The monoisotopic (exact) mass is 285 g/mol. The van der Waals surface area contributed by atoms with E-state index in [1.54, 1.807) is 0 Å². The van der Waals surface area contributed by atoms with Crippen molar-refractivity contribution in [2.45, 2.75) is 46.5 Å². The molecule has 0 saturated carbocycles. The number of nitrogens with zero attached hydrogens (tertiary/aromatic N) is 1. The van der Waals surface area contributed by atoms with Gasteiger partial charge in [-0.1, -0.05) is 40.0 Å². The second-order valence-electron chi connectivity index (χ2n) is 6.33. The molecule has 1 saturated heterocycles. The summed E-state index contributed by atoms with van der Waals surface area (Å²) >= 11 is 0. The Morgan fingerprint density at radius 2 is 1.85 bits per heavy atom. The lowest BCUT2D eigenvalue weighted by molar-refractivity contribution is -0.146. The number of rotatable bonds is 9. The van der Waals surface area contributed by atoms with Crippen molar-refractivity contribution in [2.75, 3.05) is 39.5 Å². The van der Waals surface area contributed by atoms with Crippen molar-refractivity contribution in [1.82, 2.24) is 4.90 Å². The Morgan fingerprint density at radius 3 is 2.50 bits per heavy atom. The van der Waals surface area contributed by atoms with Crippen LogP contribution in [0.15, 0.2) is 0 Å². The highest BCUT2D eigenvalue weighted by Gasteiger charge is 2.15. The van der Waals surface area contributed by atoms with Crippen molar-refractivity contribution in [3.05, 3.63) is 0 Å². The molecule has 0 aromatic carbocycles. The summed E-state index contributed by atoms with van der Waals surface area (Å²) in [5, 5.41) is 0. The van der Waals surface area contributed by atoms with E-state index in [9.17, 15) is 4.79 Å². The van der Waals surface area contributed by atoms with E-state index in [2.05, 4.69) is 25.7 Å². The standard InChI is InChI=1S/C16H31NO3/c1-14(2)5-4-6-15(3)7-10-20-16(18)13-17-8-11-19-12-9-17/h14-15H,4-13H2,1-3H3. The maximum absolute atomic E-state index is 11.7. The van der Waals surface area contributed by atoms with Gasteiger partial charge in [0, 0.05) is 13.1 Å². The summed E-state index contributed by atoms with van der Waals surface area (Å²) in [6.07, 6.45) is 4.79. The van der Waals surface area contributed by atoms with E-state index in [4.69, 9.17) is 9.47 Å². The van der Waals surface area contributed by atoms with E-state index in [1.165, 1.54) is 19.3 Å². The van der Waals surface area contributed by atoms with E-state index in [-0.39, 0.29) is 5.97 Å². The summed E-state index contributed by atoms with van der Waals surface area (Å²) in [6.45, 7) is 10.9. The van der Waals surface area contributed by atoms with Crippen LogP contribution in [0.2, 0.25) is 0 Å². The highest BCUT2D eigenvalue weighted by Crippen LogP contribution is 2.15. The molecule has 1 heterocycles. The molecule has 0 amide bonds. The Kier molecular flexibility index (Phi) is 8.86. The number of hydrogen-bond acceptors (Lipinski definition) is 4. The molecule has 4 nitrogen and oxygen atoms in total. The van der Waals surface area contributed by atoms with Crippen LogP contribution in [0, 0.1) is 11.8 Å². The summed E-state index contributed by atoms with van der Waals surface area (Å²) < 4.78 is 10.6. The zero-order chi connectivity index (χ0) is 14.8. The van der Waals surface area contributed by atoms with Gasteiger partial charge >= 0.3 is 5.97 Å². The summed E-state index contributed by atoms with van der Waals surface area (Å²) in [5.41, 5.74) is 0. The third kappa shape index (κ3) is 8.54. The Balaban J connectivity index is 2.00. The number of carbonyl (C=O) groups is 1. The molecule has 1 atom stereocenters. The van der Waals surface area contributed by atoms with E-state index in [0.29, 0.717) is 19.1 Å². The minimum atomic E-state index is -0.0960. The van der Waals surface area contributed by atoms with E-state index in [1.807, 2.05) is 0 Å². The fraction of sp³-hybridized carbons (Fsp3) is 0.938. The SMILES string of the molecule is CC(C)CCCC(C)CCOC(=O)CN1CCOCC1. The summed E-state index contributed by atoms with van der Waals surface area (Å²) in [7, 11) is 0. The fourth-order valence-corrected chi connectivity index (χ4v) is 2.38. The van der Waals surface area contributed by atoms with Crippen LogP contribution in [0.4, 0.5) is 0 Å². The average molecular weight is 285 g/mol. The van der Waals surface area contributed by atoms with Gasteiger partial charge < -0.3 is 9.47 Å². The molecular formula is C16H31NO3. The minimum absolute atomic E-state index is 0.0960. The summed E-state index contributed by atoms with van der Waals surface area (Å²) in [4.78, 5) is 13.8. The molecule has 4 heteroatoms. The van der Waals surface area contributed by atoms with Crippen LogP contribution in [0.25, 0.3) is 0 Å². The normalized spacial score (nSPS) is 18.2. The zero-order valence-corrected chi connectivity index (χ0v) is 13.4. The van der Waals surface area contributed by atoms with Crippen molar-refractivity contribution in [3.8, 4) is 0 Å². The van der Waals surface area contributed by atoms with Gasteiger partial charge in [-0.05, 0) is 18.3 Å². The van der Waals surface area contributed by atoms with Gasteiger partial charge in [-0.15, -0.1) is 0 Å². The molecule has 0 aromatic heterocycles. The lowest BCUT2D eigenvalue weighted by Crippen LogP contribution is -2.40. The van der Waals surface area contributed by atoms with Crippen LogP contribution in [0.1, 0.15) is 46.5 Å².